The van der Waals surface area contributed by atoms with Crippen LogP contribution in [0.3, 0.4) is 0 Å². The molecule has 1 amide bonds. The SMILES string of the molecule is CC(=O)N1CCc2cc(S(=O)(=O)[O-])ccc21.[Na+]. The van der Waals surface area contributed by atoms with E-state index < -0.39 is 10.1 Å². The molecule has 0 fully saturated rings. The molecule has 17 heavy (non-hydrogen) atoms. The van der Waals surface area contributed by atoms with Gasteiger partial charge >= 0.3 is 29.6 Å². The molecule has 1 aromatic rings. The van der Waals surface area contributed by atoms with Gasteiger partial charge in [0.2, 0.25) is 5.91 Å². The smallest absolute Gasteiger partial charge is 0.744 e. The van der Waals surface area contributed by atoms with Crippen LogP contribution in [0.15, 0.2) is 23.1 Å². The Morgan fingerprint density at radius 2 is 2.06 bits per heavy atom. The van der Waals surface area contributed by atoms with E-state index in [-0.39, 0.29) is 40.4 Å². The third-order valence-corrected chi connectivity index (χ3v) is 3.45. The quantitative estimate of drug-likeness (QED) is 0.415. The van der Waals surface area contributed by atoms with Gasteiger partial charge in [0.1, 0.15) is 10.1 Å². The van der Waals surface area contributed by atoms with Gasteiger partial charge in [0.05, 0.1) is 4.90 Å². The Bertz CT molecular complexity index is 555. The molecular formula is C10H10NNaO4S. The van der Waals surface area contributed by atoms with Crippen LogP contribution in [-0.2, 0) is 21.3 Å². The molecule has 0 aliphatic carbocycles. The van der Waals surface area contributed by atoms with Crippen LogP contribution in [0, 0.1) is 0 Å². The molecule has 0 bridgehead atoms. The monoisotopic (exact) mass is 263 g/mol. The van der Waals surface area contributed by atoms with Gasteiger partial charge in [-0.05, 0) is 30.2 Å². The molecule has 0 N–H and O–H groups in total. The summed E-state index contributed by atoms with van der Waals surface area (Å²) in [6, 6.07) is 4.09. The van der Waals surface area contributed by atoms with Crippen molar-refractivity contribution in [2.45, 2.75) is 18.2 Å². The van der Waals surface area contributed by atoms with Crippen LogP contribution >= 0.6 is 0 Å². The molecule has 1 aliphatic rings. The van der Waals surface area contributed by atoms with Crippen molar-refractivity contribution < 1.29 is 47.3 Å². The largest absolute Gasteiger partial charge is 1.00 e. The molecule has 0 spiro atoms. The van der Waals surface area contributed by atoms with Crippen molar-refractivity contribution >= 4 is 21.7 Å². The molecule has 5 nitrogen and oxygen atoms in total. The predicted octanol–water partition coefficient (Wildman–Crippen LogP) is -2.50. The van der Waals surface area contributed by atoms with Gasteiger partial charge in [-0.25, -0.2) is 8.42 Å². The minimum absolute atomic E-state index is 0. The van der Waals surface area contributed by atoms with Crippen LogP contribution in [0.1, 0.15) is 12.5 Å². The number of carbonyl (C=O) groups is 1. The number of fused-ring (bicyclic) bond motifs is 1. The van der Waals surface area contributed by atoms with E-state index in [4.69, 9.17) is 0 Å². The maximum absolute atomic E-state index is 11.2. The second-order valence-corrected chi connectivity index (χ2v) is 5.04. The number of carbonyl (C=O) groups excluding carboxylic acids is 1. The van der Waals surface area contributed by atoms with Gasteiger partial charge in [0.15, 0.2) is 0 Å². The summed E-state index contributed by atoms with van der Waals surface area (Å²) in [5.74, 6) is -0.0866. The number of nitrogens with zero attached hydrogens (tertiary/aromatic N) is 1. The van der Waals surface area contributed by atoms with E-state index >= 15 is 0 Å². The van der Waals surface area contributed by atoms with Gasteiger partial charge in [-0.1, -0.05) is 0 Å². The van der Waals surface area contributed by atoms with Gasteiger partial charge in [-0.2, -0.15) is 0 Å². The van der Waals surface area contributed by atoms with Crippen molar-refractivity contribution in [3.05, 3.63) is 23.8 Å². The van der Waals surface area contributed by atoms with E-state index in [0.29, 0.717) is 18.7 Å². The minimum atomic E-state index is -4.42. The third kappa shape index (κ3) is 2.89. The fourth-order valence-electron chi connectivity index (χ4n) is 1.86. The maximum atomic E-state index is 11.2. The molecule has 0 aromatic heterocycles. The van der Waals surface area contributed by atoms with E-state index in [1.165, 1.54) is 25.1 Å². The Morgan fingerprint density at radius 1 is 1.41 bits per heavy atom. The van der Waals surface area contributed by atoms with Gasteiger partial charge < -0.3 is 9.45 Å². The van der Waals surface area contributed by atoms with E-state index in [2.05, 4.69) is 0 Å². The van der Waals surface area contributed by atoms with Gasteiger partial charge in [-0.15, -0.1) is 0 Å². The normalized spacial score (nSPS) is 14.1. The molecular weight excluding hydrogens is 253 g/mol. The van der Waals surface area contributed by atoms with Crippen molar-refractivity contribution in [3.63, 3.8) is 0 Å². The summed E-state index contributed by atoms with van der Waals surface area (Å²) in [6.07, 6.45) is 0.582. The van der Waals surface area contributed by atoms with Crippen LogP contribution in [0.5, 0.6) is 0 Å². The summed E-state index contributed by atoms with van der Waals surface area (Å²) in [4.78, 5) is 12.6. The van der Waals surface area contributed by atoms with Crippen LogP contribution in [0.4, 0.5) is 5.69 Å². The molecule has 0 unspecified atom stereocenters. The Kier molecular flexibility index (Phi) is 4.38. The first-order valence-corrected chi connectivity index (χ1v) is 6.17. The molecule has 1 heterocycles. The van der Waals surface area contributed by atoms with Crippen molar-refractivity contribution in [2.24, 2.45) is 0 Å². The Morgan fingerprint density at radius 3 is 2.59 bits per heavy atom. The molecule has 86 valence electrons. The van der Waals surface area contributed by atoms with Crippen LogP contribution in [0.2, 0.25) is 0 Å². The molecule has 0 atom stereocenters. The Balaban J connectivity index is 0.00000144. The fraction of sp³-hybridized carbons (Fsp3) is 0.300. The zero-order chi connectivity index (χ0) is 11.9. The fourth-order valence-corrected chi connectivity index (χ4v) is 2.38. The van der Waals surface area contributed by atoms with Crippen molar-refractivity contribution in [3.8, 4) is 0 Å². The molecule has 0 saturated heterocycles. The second kappa shape index (κ2) is 5.07. The second-order valence-electron chi connectivity index (χ2n) is 3.67. The first kappa shape index (κ1) is 14.7. The van der Waals surface area contributed by atoms with Gasteiger partial charge in [0, 0.05) is 19.2 Å². The summed E-state index contributed by atoms with van der Waals surface area (Å²) in [5, 5.41) is 0. The van der Waals surface area contributed by atoms with Crippen molar-refractivity contribution in [1.82, 2.24) is 0 Å². The van der Waals surface area contributed by atoms with E-state index in [9.17, 15) is 17.8 Å². The van der Waals surface area contributed by atoms with E-state index in [0.717, 1.165) is 5.56 Å². The molecule has 0 saturated carbocycles. The summed E-state index contributed by atoms with van der Waals surface area (Å²) >= 11 is 0. The van der Waals surface area contributed by atoms with E-state index in [1.54, 1.807) is 4.90 Å². The number of amides is 1. The van der Waals surface area contributed by atoms with Crippen LogP contribution < -0.4 is 34.5 Å². The van der Waals surface area contributed by atoms with E-state index in [1.807, 2.05) is 0 Å². The van der Waals surface area contributed by atoms with Crippen molar-refractivity contribution in [1.29, 1.82) is 0 Å². The first-order chi connectivity index (χ1) is 7.39. The molecule has 7 heteroatoms. The molecule has 0 radical (unpaired) electrons. The third-order valence-electron chi connectivity index (χ3n) is 2.62. The average Bonchev–Trinajstić information content (AvgIpc) is 2.58. The average molecular weight is 263 g/mol. The number of hydrogen-bond donors (Lipinski definition) is 0. The molecule has 2 rings (SSSR count). The first-order valence-electron chi connectivity index (χ1n) is 4.76. The zero-order valence-corrected chi connectivity index (χ0v) is 12.5. The summed E-state index contributed by atoms with van der Waals surface area (Å²) in [6.45, 7) is 1.99. The number of anilines is 1. The molecule has 1 aliphatic heterocycles. The standard InChI is InChI=1S/C10H11NO4S.Na/c1-7(12)11-5-4-8-6-9(16(13,14)15)2-3-10(8)11;/h2-3,6H,4-5H2,1H3,(H,13,14,15);/q;+1/p-1. The van der Waals surface area contributed by atoms with Gasteiger partial charge in [0.25, 0.3) is 0 Å². The van der Waals surface area contributed by atoms with Gasteiger partial charge in [-0.3, -0.25) is 4.79 Å². The maximum Gasteiger partial charge on any atom is 1.00 e. The van der Waals surface area contributed by atoms with Crippen LogP contribution in [-0.4, -0.2) is 25.4 Å². The van der Waals surface area contributed by atoms with Crippen molar-refractivity contribution in [2.75, 3.05) is 11.4 Å². The van der Waals surface area contributed by atoms with Crippen LogP contribution in [0.25, 0.3) is 0 Å². The minimum Gasteiger partial charge on any atom is -0.744 e. The number of benzene rings is 1. The zero-order valence-electron chi connectivity index (χ0n) is 9.63. The summed E-state index contributed by atoms with van der Waals surface area (Å²) in [5.41, 5.74) is 1.42. The Labute approximate surface area is 122 Å². The topological polar surface area (TPSA) is 77.5 Å². The summed E-state index contributed by atoms with van der Waals surface area (Å²) in [7, 11) is -4.42. The summed E-state index contributed by atoms with van der Waals surface area (Å²) < 4.78 is 32.4. The number of rotatable bonds is 1. The Hall–Kier alpha value is -0.400. The molecule has 1 aromatic carbocycles. The number of hydrogen-bond acceptors (Lipinski definition) is 4. The predicted molar refractivity (Wildman–Crippen MR) is 56.1 cm³/mol.